The molecule has 4 atom stereocenters. The number of hydrogen-bond donors (Lipinski definition) is 4. The Hall–Kier alpha value is -6.28. The van der Waals surface area contributed by atoms with E-state index in [0.29, 0.717) is 54.1 Å². The summed E-state index contributed by atoms with van der Waals surface area (Å²) < 4.78 is 8.29. The number of fused-ring (bicyclic) bond motifs is 2. The van der Waals surface area contributed by atoms with Crippen LogP contribution in [0.2, 0.25) is 20.1 Å². The van der Waals surface area contributed by atoms with Crippen molar-refractivity contribution in [3.63, 3.8) is 0 Å². The molecule has 2 saturated carbocycles. The first-order valence-corrected chi connectivity index (χ1v) is 23.0. The topological polar surface area (TPSA) is 214 Å². The van der Waals surface area contributed by atoms with Crippen LogP contribution in [0.25, 0.3) is 22.3 Å². The lowest BCUT2D eigenvalue weighted by atomic mass is 10.2. The molecule has 8 aromatic rings. The third-order valence-corrected chi connectivity index (χ3v) is 14.0. The molecule has 2 aliphatic carbocycles. The molecule has 2 aliphatic rings. The molecule has 6 aromatic heterocycles. The second kappa shape index (κ2) is 18.7. The Kier molecular flexibility index (Phi) is 12.8. The van der Waals surface area contributed by atoms with Crippen LogP contribution in [-0.4, -0.2) is 70.8 Å². The number of aryl methyl sites for hydroxylation is 4. The quantitative estimate of drug-likeness (QED) is 0.110. The van der Waals surface area contributed by atoms with Crippen molar-refractivity contribution in [3.05, 3.63) is 157 Å². The summed E-state index contributed by atoms with van der Waals surface area (Å²) >= 11 is 24.2. The number of halogens is 4. The summed E-state index contributed by atoms with van der Waals surface area (Å²) in [5.41, 5.74) is 3.95. The fraction of sp³-hybridized carbons (Fsp3) is 0.304. The lowest BCUT2D eigenvalue weighted by Crippen LogP contribution is -2.39. The molecular weight excluding hydrogens is 958 g/mol. The van der Waals surface area contributed by atoms with Crippen molar-refractivity contribution < 1.29 is 10.2 Å². The molecule has 352 valence electrons. The van der Waals surface area contributed by atoms with Gasteiger partial charge in [0.15, 0.2) is 22.3 Å². The summed E-state index contributed by atoms with van der Waals surface area (Å²) in [6.45, 7) is 0.398. The highest BCUT2D eigenvalue weighted by atomic mass is 35.5. The van der Waals surface area contributed by atoms with Crippen molar-refractivity contribution in [3.8, 4) is 0 Å². The normalized spacial score (nSPS) is 17.3. The lowest BCUT2D eigenvalue weighted by molar-refractivity contribution is 0.273. The van der Waals surface area contributed by atoms with Crippen molar-refractivity contribution in [2.45, 2.75) is 37.8 Å². The maximum atomic E-state index is 13.3. The average molecular weight is 1000 g/mol. The monoisotopic (exact) mass is 1000 g/mol. The zero-order chi connectivity index (χ0) is 48.3. The van der Waals surface area contributed by atoms with E-state index < -0.39 is 22.5 Å². The predicted molar refractivity (Wildman–Crippen MR) is 262 cm³/mol. The molecule has 0 amide bonds. The standard InChI is InChI=1S/2C23H22Cl2N6O3/c2*1-29-19-20(28-22(29)27-14-5-6-26-18(9-14)15-8-13(15)11-32)30(2)23(34)31(21(19)33)10-12-3-4-16(24)17(25)7-12/h2*3-7,9,13,15,32H,8,10-11H2,1-2H3,(H,26,27,28)/t2*13-,15+/m10/s1. The Morgan fingerprint density at radius 2 is 0.956 bits per heavy atom. The van der Waals surface area contributed by atoms with Crippen LogP contribution >= 0.6 is 46.4 Å². The maximum absolute atomic E-state index is 13.3. The number of aromatic nitrogens is 10. The number of hydrogen-bond acceptors (Lipinski definition) is 12. The minimum atomic E-state index is -0.483. The van der Waals surface area contributed by atoms with E-state index in [1.54, 1.807) is 98.2 Å². The van der Waals surface area contributed by atoms with Gasteiger partial charge in [-0.15, -0.1) is 0 Å². The largest absolute Gasteiger partial charge is 0.396 e. The van der Waals surface area contributed by atoms with Crippen LogP contribution in [0.5, 0.6) is 0 Å². The Morgan fingerprint density at radius 3 is 1.31 bits per heavy atom. The summed E-state index contributed by atoms with van der Waals surface area (Å²) in [4.78, 5) is 70.5. The van der Waals surface area contributed by atoms with Gasteiger partial charge in [0.05, 0.1) is 33.2 Å². The molecule has 0 radical (unpaired) electrons. The van der Waals surface area contributed by atoms with Gasteiger partial charge in [-0.1, -0.05) is 58.5 Å². The number of pyridine rings is 2. The van der Waals surface area contributed by atoms with E-state index >= 15 is 0 Å². The second-order valence-corrected chi connectivity index (χ2v) is 18.7. The zero-order valence-electron chi connectivity index (χ0n) is 37.0. The Labute approximate surface area is 406 Å². The highest BCUT2D eigenvalue weighted by Gasteiger charge is 2.39. The summed E-state index contributed by atoms with van der Waals surface area (Å²) in [6, 6.07) is 17.4. The fourth-order valence-electron chi connectivity index (χ4n) is 8.37. The number of rotatable bonds is 12. The van der Waals surface area contributed by atoms with E-state index in [0.717, 1.165) is 44.7 Å². The van der Waals surface area contributed by atoms with Crippen molar-refractivity contribution in [2.24, 2.45) is 40.0 Å². The van der Waals surface area contributed by atoms with Crippen LogP contribution in [0.4, 0.5) is 23.3 Å². The Balaban J connectivity index is 0.000000170. The van der Waals surface area contributed by atoms with E-state index in [-0.39, 0.29) is 61.3 Å². The van der Waals surface area contributed by atoms with Gasteiger partial charge in [0.2, 0.25) is 11.9 Å². The first-order chi connectivity index (χ1) is 32.6. The van der Waals surface area contributed by atoms with Gasteiger partial charge in [-0.05, 0) is 84.3 Å². The molecule has 0 aliphatic heterocycles. The number of nitrogens with zero attached hydrogens (tertiary/aromatic N) is 10. The molecule has 0 spiro atoms. The number of aliphatic hydroxyl groups is 2. The molecule has 18 nitrogen and oxygen atoms in total. The predicted octanol–water partition coefficient (Wildman–Crippen LogP) is 6.05. The molecule has 6 heterocycles. The van der Waals surface area contributed by atoms with E-state index in [2.05, 4.69) is 30.6 Å². The molecule has 2 fully saturated rings. The number of aliphatic hydroxyl groups excluding tert-OH is 2. The highest BCUT2D eigenvalue weighted by molar-refractivity contribution is 6.42. The van der Waals surface area contributed by atoms with Crippen molar-refractivity contribution >= 4 is 92.0 Å². The third kappa shape index (κ3) is 8.95. The minimum Gasteiger partial charge on any atom is -0.396 e. The van der Waals surface area contributed by atoms with Gasteiger partial charge < -0.3 is 30.0 Å². The van der Waals surface area contributed by atoms with Crippen LogP contribution in [0.15, 0.2) is 92.2 Å². The van der Waals surface area contributed by atoms with Gasteiger partial charge in [-0.3, -0.25) is 37.8 Å². The third-order valence-electron chi connectivity index (χ3n) is 12.5. The zero-order valence-corrected chi connectivity index (χ0v) is 40.0. The first-order valence-electron chi connectivity index (χ1n) is 21.4. The second-order valence-electron chi connectivity index (χ2n) is 17.1. The molecule has 10 rings (SSSR count). The van der Waals surface area contributed by atoms with Gasteiger partial charge in [-0.2, -0.15) is 9.97 Å². The van der Waals surface area contributed by atoms with Crippen LogP contribution in [0.1, 0.15) is 47.2 Å². The average Bonchev–Trinajstić information content (AvgIpc) is 4.25. The summed E-state index contributed by atoms with van der Waals surface area (Å²) in [6.07, 6.45) is 5.24. The molecule has 0 saturated heterocycles. The van der Waals surface area contributed by atoms with E-state index in [4.69, 9.17) is 46.4 Å². The van der Waals surface area contributed by atoms with Crippen molar-refractivity contribution in [2.75, 3.05) is 23.8 Å². The van der Waals surface area contributed by atoms with E-state index in [1.165, 1.54) is 9.13 Å². The molecule has 0 bridgehead atoms. The molecule has 2 aromatic carbocycles. The summed E-state index contributed by atoms with van der Waals surface area (Å²) in [5.74, 6) is 1.84. The van der Waals surface area contributed by atoms with Crippen molar-refractivity contribution in [1.82, 2.24) is 47.3 Å². The Bertz CT molecular complexity index is 3310. The van der Waals surface area contributed by atoms with Crippen LogP contribution in [0.3, 0.4) is 0 Å². The molecule has 22 heteroatoms. The van der Waals surface area contributed by atoms with Gasteiger partial charge in [0, 0.05) is 88.4 Å². The van der Waals surface area contributed by atoms with E-state index in [9.17, 15) is 29.4 Å². The molecule has 4 N–H and O–H groups in total. The smallest absolute Gasteiger partial charge is 0.332 e. The van der Waals surface area contributed by atoms with Gasteiger partial charge >= 0.3 is 11.4 Å². The van der Waals surface area contributed by atoms with Gasteiger partial charge in [0.25, 0.3) is 11.1 Å². The van der Waals surface area contributed by atoms with Crippen LogP contribution in [-0.2, 0) is 41.3 Å². The number of nitrogens with one attached hydrogen (secondary N) is 2. The number of anilines is 4. The SMILES string of the molecule is Cn1c(Nc2ccnc([C@@H]3C[C@H]3CO)c2)nc2c1c(=O)n(Cc1ccc(Cl)c(Cl)c1)c(=O)n2C.Cn1c(Nc2ccnc([C@H]3C[C@@H]3CO)c2)nc2c1c(=O)n(Cc1ccc(Cl)c(Cl)c1)c(=O)n2C. The fourth-order valence-corrected chi connectivity index (χ4v) is 9.01. The molecular formula is C46H44Cl4N12O6. The maximum Gasteiger partial charge on any atom is 0.332 e. The lowest BCUT2D eigenvalue weighted by Gasteiger charge is -2.10. The number of imidazole rings is 2. The highest BCUT2D eigenvalue weighted by Crippen LogP contribution is 2.47. The number of benzene rings is 2. The van der Waals surface area contributed by atoms with Crippen LogP contribution < -0.4 is 33.1 Å². The first kappa shape index (κ1) is 46.8. The van der Waals surface area contributed by atoms with Gasteiger partial charge in [-0.25, -0.2) is 9.59 Å². The van der Waals surface area contributed by atoms with Crippen LogP contribution in [0, 0.1) is 11.8 Å². The van der Waals surface area contributed by atoms with Crippen molar-refractivity contribution in [1.29, 1.82) is 0 Å². The molecule has 68 heavy (non-hydrogen) atoms. The molecule has 0 unspecified atom stereocenters. The Morgan fingerprint density at radius 1 is 0.559 bits per heavy atom. The minimum absolute atomic E-state index is 0.0490. The van der Waals surface area contributed by atoms with Gasteiger partial charge in [0.1, 0.15) is 0 Å². The summed E-state index contributed by atoms with van der Waals surface area (Å²) in [7, 11) is 6.60. The van der Waals surface area contributed by atoms with E-state index in [1.807, 2.05) is 12.1 Å². The summed E-state index contributed by atoms with van der Waals surface area (Å²) in [5, 5.41) is 26.7.